The van der Waals surface area contributed by atoms with Gasteiger partial charge in [0.25, 0.3) is 0 Å². The molecule has 0 aromatic heterocycles. The highest BCUT2D eigenvalue weighted by Crippen LogP contribution is 2.31. The van der Waals surface area contributed by atoms with E-state index in [9.17, 15) is 4.79 Å². The van der Waals surface area contributed by atoms with Crippen LogP contribution in [0.1, 0.15) is 23.1 Å². The van der Waals surface area contributed by atoms with Gasteiger partial charge in [0.15, 0.2) is 0 Å². The minimum absolute atomic E-state index is 0.125. The number of carbonyl (C=O) groups excluding carboxylic acids is 1. The number of nitrogens with one attached hydrogen (secondary N) is 1. The van der Waals surface area contributed by atoms with Gasteiger partial charge in [-0.05, 0) is 51.9 Å². The molecule has 104 valence electrons. The molecule has 1 aromatic carbocycles. The van der Waals surface area contributed by atoms with E-state index in [0.717, 1.165) is 29.8 Å². The van der Waals surface area contributed by atoms with Crippen LogP contribution in [0.2, 0.25) is 0 Å². The molecule has 0 radical (unpaired) electrons. The maximum Gasteiger partial charge on any atom is 0.414 e. The van der Waals surface area contributed by atoms with Crippen LogP contribution in [0.25, 0.3) is 0 Å². The first-order valence-corrected chi connectivity index (χ1v) is 6.73. The van der Waals surface area contributed by atoms with Gasteiger partial charge in [0.05, 0.1) is 11.7 Å². The Balaban J connectivity index is 2.35. The largest absolute Gasteiger partial charge is 0.447 e. The van der Waals surface area contributed by atoms with Crippen molar-refractivity contribution in [2.45, 2.75) is 33.2 Å². The smallest absolute Gasteiger partial charge is 0.414 e. The summed E-state index contributed by atoms with van der Waals surface area (Å²) in [6, 6.07) is 4.35. The third-order valence-corrected chi connectivity index (χ3v) is 3.56. The third-order valence-electron chi connectivity index (χ3n) is 3.56. The monoisotopic (exact) mass is 262 g/mol. The number of amides is 1. The maximum atomic E-state index is 12.0. The molecule has 1 aliphatic heterocycles. The molecule has 4 nitrogen and oxygen atoms in total. The molecule has 4 heteroatoms. The normalized spacial score (nSPS) is 18.8. The quantitative estimate of drug-likeness (QED) is 0.906. The molecule has 0 bridgehead atoms. The number of carbonyl (C=O) groups is 1. The maximum absolute atomic E-state index is 12.0. The molecule has 19 heavy (non-hydrogen) atoms. The van der Waals surface area contributed by atoms with Crippen molar-refractivity contribution in [1.29, 1.82) is 0 Å². The van der Waals surface area contributed by atoms with Gasteiger partial charge in [-0.2, -0.15) is 0 Å². The SMILES string of the molecule is CNCCC1COC(=O)N1c1c(C)cc(C)cc1C. The lowest BCUT2D eigenvalue weighted by Crippen LogP contribution is -2.36. The molecule has 1 heterocycles. The highest BCUT2D eigenvalue weighted by molar-refractivity contribution is 5.92. The predicted molar refractivity (Wildman–Crippen MR) is 76.8 cm³/mol. The second-order valence-corrected chi connectivity index (χ2v) is 5.24. The molecule has 1 atom stereocenters. The van der Waals surface area contributed by atoms with Gasteiger partial charge in [-0.1, -0.05) is 17.7 Å². The molecular formula is C15H22N2O2. The lowest BCUT2D eigenvalue weighted by molar-refractivity contribution is 0.178. The van der Waals surface area contributed by atoms with E-state index in [-0.39, 0.29) is 12.1 Å². The van der Waals surface area contributed by atoms with Crippen LogP contribution in [-0.4, -0.2) is 32.3 Å². The number of benzene rings is 1. The fraction of sp³-hybridized carbons (Fsp3) is 0.533. The second-order valence-electron chi connectivity index (χ2n) is 5.24. The Morgan fingerprint density at radius 1 is 1.32 bits per heavy atom. The van der Waals surface area contributed by atoms with Crippen molar-refractivity contribution in [2.24, 2.45) is 0 Å². The number of anilines is 1. The first-order chi connectivity index (χ1) is 9.04. The number of hydrogen-bond donors (Lipinski definition) is 1. The minimum atomic E-state index is -0.226. The van der Waals surface area contributed by atoms with E-state index in [4.69, 9.17) is 4.74 Å². The molecule has 1 aliphatic rings. The molecular weight excluding hydrogens is 240 g/mol. The van der Waals surface area contributed by atoms with Crippen molar-refractivity contribution in [2.75, 3.05) is 25.1 Å². The Morgan fingerprint density at radius 2 is 1.95 bits per heavy atom. The Kier molecular flexibility index (Phi) is 4.10. The van der Waals surface area contributed by atoms with Gasteiger partial charge in [0.1, 0.15) is 6.61 Å². The van der Waals surface area contributed by atoms with Crippen molar-refractivity contribution in [3.63, 3.8) is 0 Å². The number of nitrogens with zero attached hydrogens (tertiary/aromatic N) is 1. The van der Waals surface area contributed by atoms with E-state index in [0.29, 0.717) is 6.61 Å². The van der Waals surface area contributed by atoms with Gasteiger partial charge in [0, 0.05) is 0 Å². The lowest BCUT2D eigenvalue weighted by atomic mass is 10.0. The first-order valence-electron chi connectivity index (χ1n) is 6.73. The zero-order chi connectivity index (χ0) is 14.0. The summed E-state index contributed by atoms with van der Waals surface area (Å²) in [5, 5.41) is 3.13. The zero-order valence-electron chi connectivity index (χ0n) is 12.1. The Hall–Kier alpha value is -1.55. The fourth-order valence-corrected chi connectivity index (χ4v) is 2.81. The summed E-state index contributed by atoms with van der Waals surface area (Å²) < 4.78 is 5.23. The summed E-state index contributed by atoms with van der Waals surface area (Å²) in [7, 11) is 1.92. The van der Waals surface area contributed by atoms with E-state index in [1.54, 1.807) is 0 Å². The van der Waals surface area contributed by atoms with Gasteiger partial charge in [-0.15, -0.1) is 0 Å². The van der Waals surface area contributed by atoms with E-state index in [1.807, 2.05) is 11.9 Å². The van der Waals surface area contributed by atoms with Gasteiger partial charge in [0.2, 0.25) is 0 Å². The Bertz CT molecular complexity index is 462. The summed E-state index contributed by atoms with van der Waals surface area (Å²) in [5.41, 5.74) is 4.49. The van der Waals surface area contributed by atoms with E-state index >= 15 is 0 Å². The molecule has 1 unspecified atom stereocenters. The third kappa shape index (κ3) is 2.73. The average molecular weight is 262 g/mol. The van der Waals surface area contributed by atoms with Crippen LogP contribution in [0, 0.1) is 20.8 Å². The summed E-state index contributed by atoms with van der Waals surface area (Å²) in [6.45, 7) is 7.53. The van der Waals surface area contributed by atoms with Crippen molar-refractivity contribution in [1.82, 2.24) is 5.32 Å². The standard InChI is InChI=1S/C15H22N2O2/c1-10-7-11(2)14(12(3)8-10)17-13(5-6-16-4)9-19-15(17)18/h7-8,13,16H,5-6,9H2,1-4H3. The van der Waals surface area contributed by atoms with Gasteiger partial charge < -0.3 is 10.1 Å². The minimum Gasteiger partial charge on any atom is -0.447 e. The summed E-state index contributed by atoms with van der Waals surface area (Å²) in [4.78, 5) is 13.8. The predicted octanol–water partition coefficient (Wildman–Crippen LogP) is 2.55. The highest BCUT2D eigenvalue weighted by atomic mass is 16.6. The number of aryl methyl sites for hydroxylation is 3. The van der Waals surface area contributed by atoms with E-state index in [2.05, 4.69) is 38.2 Å². The number of hydrogen-bond acceptors (Lipinski definition) is 3. The Labute approximate surface area is 114 Å². The van der Waals surface area contributed by atoms with Gasteiger partial charge in [-0.25, -0.2) is 4.79 Å². The van der Waals surface area contributed by atoms with Crippen LogP contribution in [-0.2, 0) is 4.74 Å². The first kappa shape index (κ1) is 13.9. The molecule has 1 fully saturated rings. The van der Waals surface area contributed by atoms with Crippen molar-refractivity contribution >= 4 is 11.8 Å². The average Bonchev–Trinajstić information content (AvgIpc) is 2.68. The topological polar surface area (TPSA) is 41.6 Å². The zero-order valence-corrected chi connectivity index (χ0v) is 12.1. The van der Waals surface area contributed by atoms with Crippen LogP contribution >= 0.6 is 0 Å². The van der Waals surface area contributed by atoms with Gasteiger partial charge >= 0.3 is 6.09 Å². The molecule has 1 aromatic rings. The summed E-state index contributed by atoms with van der Waals surface area (Å²) in [6.07, 6.45) is 0.672. The van der Waals surface area contributed by atoms with Crippen LogP contribution in [0.3, 0.4) is 0 Å². The molecule has 0 saturated carbocycles. The number of ether oxygens (including phenoxy) is 1. The number of cyclic esters (lactones) is 1. The fourth-order valence-electron chi connectivity index (χ4n) is 2.81. The van der Waals surface area contributed by atoms with Crippen LogP contribution in [0.15, 0.2) is 12.1 Å². The molecule has 1 saturated heterocycles. The Morgan fingerprint density at radius 3 is 2.53 bits per heavy atom. The van der Waals surface area contributed by atoms with E-state index < -0.39 is 0 Å². The molecule has 1 amide bonds. The van der Waals surface area contributed by atoms with Crippen LogP contribution in [0.5, 0.6) is 0 Å². The lowest BCUT2D eigenvalue weighted by Gasteiger charge is -2.25. The summed E-state index contributed by atoms with van der Waals surface area (Å²) in [5.74, 6) is 0. The van der Waals surface area contributed by atoms with Crippen molar-refractivity contribution in [3.05, 3.63) is 28.8 Å². The van der Waals surface area contributed by atoms with Crippen molar-refractivity contribution in [3.8, 4) is 0 Å². The molecule has 0 aliphatic carbocycles. The summed E-state index contributed by atoms with van der Waals surface area (Å²) >= 11 is 0. The molecule has 2 rings (SSSR count). The molecule has 1 N–H and O–H groups in total. The van der Waals surface area contributed by atoms with Gasteiger partial charge in [-0.3, -0.25) is 4.90 Å². The second kappa shape index (κ2) is 5.61. The van der Waals surface area contributed by atoms with Crippen molar-refractivity contribution < 1.29 is 9.53 Å². The van der Waals surface area contributed by atoms with Crippen LogP contribution in [0.4, 0.5) is 10.5 Å². The van der Waals surface area contributed by atoms with E-state index in [1.165, 1.54) is 5.56 Å². The molecule has 0 spiro atoms. The van der Waals surface area contributed by atoms with Crippen LogP contribution < -0.4 is 10.2 Å². The highest BCUT2D eigenvalue weighted by Gasteiger charge is 2.35. The number of rotatable bonds is 4.